The molecule has 0 amide bonds. The summed E-state index contributed by atoms with van der Waals surface area (Å²) in [5.41, 5.74) is -0.832. The molecule has 1 aromatic carbocycles. The van der Waals surface area contributed by atoms with Crippen molar-refractivity contribution in [2.24, 2.45) is 0 Å². The fourth-order valence-electron chi connectivity index (χ4n) is 0.657. The second kappa shape index (κ2) is 5.86. The fraction of sp³-hybridized carbons (Fsp3) is 0. The molecule has 0 aliphatic heterocycles. The lowest BCUT2D eigenvalue weighted by atomic mass is 10.3. The van der Waals surface area contributed by atoms with Crippen LogP contribution in [0.15, 0.2) is 12.1 Å². The highest BCUT2D eigenvalue weighted by molar-refractivity contribution is 6.31. The first-order valence-electron chi connectivity index (χ1n) is 3.31. The molecule has 0 spiro atoms. The van der Waals surface area contributed by atoms with Crippen LogP contribution in [0, 0.1) is 21.7 Å². The number of hydrogen-bond donors (Lipinski definition) is 1. The standard InChI is InChI=1S/C6H2ClF2NO2.CH2O2/c7-5-3(8)1-2-4(6(5)9)10(11)12;2-1-3/h1-2H;1H,(H,2,3). The SMILES string of the molecule is O=CO.O=[N+]([O-])c1ccc(F)c(Cl)c1F. The number of rotatable bonds is 1. The second-order valence-electron chi connectivity index (χ2n) is 2.06. The van der Waals surface area contributed by atoms with Gasteiger partial charge in [-0.05, 0) is 6.07 Å². The second-order valence-corrected chi connectivity index (χ2v) is 2.43. The molecule has 1 rings (SSSR count). The number of nitrogens with zero attached hydrogens (tertiary/aromatic N) is 1. The predicted octanol–water partition coefficient (Wildman–Crippen LogP) is 2.23. The molecular weight excluding hydrogens is 236 g/mol. The lowest BCUT2D eigenvalue weighted by Crippen LogP contribution is -1.94. The Kier molecular flexibility index (Phi) is 5.18. The maximum Gasteiger partial charge on any atom is 0.306 e. The van der Waals surface area contributed by atoms with Crippen molar-refractivity contribution in [3.8, 4) is 0 Å². The number of nitro groups is 1. The molecule has 0 atom stereocenters. The van der Waals surface area contributed by atoms with Crippen molar-refractivity contribution >= 4 is 23.8 Å². The minimum absolute atomic E-state index is 0.250. The van der Waals surface area contributed by atoms with Crippen LogP contribution in [0.2, 0.25) is 5.02 Å². The zero-order chi connectivity index (χ0) is 12.0. The average Bonchev–Trinajstić information content (AvgIpc) is 2.15. The van der Waals surface area contributed by atoms with Gasteiger partial charge in [0, 0.05) is 6.07 Å². The number of nitro benzene ring substituents is 1. The summed E-state index contributed by atoms with van der Waals surface area (Å²) in [5.74, 6) is -2.36. The third-order valence-electron chi connectivity index (χ3n) is 1.21. The molecule has 0 aromatic heterocycles. The van der Waals surface area contributed by atoms with E-state index < -0.39 is 27.3 Å². The first-order chi connectivity index (χ1) is 6.95. The van der Waals surface area contributed by atoms with E-state index in [2.05, 4.69) is 0 Å². The predicted molar refractivity (Wildman–Crippen MR) is 46.7 cm³/mol. The summed E-state index contributed by atoms with van der Waals surface area (Å²) in [5, 5.41) is 16.1. The largest absolute Gasteiger partial charge is 0.483 e. The molecule has 0 bridgehead atoms. The molecular formula is C7H4ClF2NO4. The number of carbonyl (C=O) groups is 1. The van der Waals surface area contributed by atoms with Gasteiger partial charge in [-0.3, -0.25) is 14.9 Å². The topological polar surface area (TPSA) is 80.4 Å². The van der Waals surface area contributed by atoms with E-state index in [-0.39, 0.29) is 6.47 Å². The van der Waals surface area contributed by atoms with Gasteiger partial charge in [-0.1, -0.05) is 11.6 Å². The van der Waals surface area contributed by atoms with E-state index in [9.17, 15) is 18.9 Å². The molecule has 15 heavy (non-hydrogen) atoms. The summed E-state index contributed by atoms with van der Waals surface area (Å²) in [6.45, 7) is -0.250. The molecule has 0 heterocycles. The van der Waals surface area contributed by atoms with Gasteiger partial charge in [-0.25, -0.2) is 4.39 Å². The Bertz CT molecular complexity index is 385. The molecule has 0 aliphatic carbocycles. The zero-order valence-electron chi connectivity index (χ0n) is 6.99. The zero-order valence-corrected chi connectivity index (χ0v) is 7.74. The van der Waals surface area contributed by atoms with Crippen LogP contribution in [0.1, 0.15) is 0 Å². The van der Waals surface area contributed by atoms with Crippen LogP contribution in [-0.2, 0) is 4.79 Å². The molecule has 1 aromatic rings. The van der Waals surface area contributed by atoms with Gasteiger partial charge in [-0.15, -0.1) is 0 Å². The first kappa shape index (κ1) is 13.2. The molecule has 0 saturated carbocycles. The molecule has 1 N–H and O–H groups in total. The third-order valence-corrected chi connectivity index (χ3v) is 1.56. The molecule has 82 valence electrons. The fourth-order valence-corrected chi connectivity index (χ4v) is 0.817. The van der Waals surface area contributed by atoms with Crippen molar-refractivity contribution < 1.29 is 23.6 Å². The summed E-state index contributed by atoms with van der Waals surface area (Å²) in [6, 6.07) is 1.46. The molecule has 0 unspecified atom stereocenters. The van der Waals surface area contributed by atoms with Gasteiger partial charge >= 0.3 is 5.69 Å². The lowest BCUT2D eigenvalue weighted by Gasteiger charge is -1.96. The van der Waals surface area contributed by atoms with E-state index in [4.69, 9.17) is 21.5 Å². The van der Waals surface area contributed by atoms with Gasteiger partial charge in [0.05, 0.1) is 4.92 Å². The van der Waals surface area contributed by atoms with Crippen molar-refractivity contribution in [3.63, 3.8) is 0 Å². The van der Waals surface area contributed by atoms with E-state index in [0.29, 0.717) is 0 Å². The van der Waals surface area contributed by atoms with Gasteiger partial charge < -0.3 is 5.11 Å². The highest BCUT2D eigenvalue weighted by Crippen LogP contribution is 2.26. The van der Waals surface area contributed by atoms with E-state index in [0.717, 1.165) is 12.1 Å². The van der Waals surface area contributed by atoms with Crippen LogP contribution < -0.4 is 0 Å². The van der Waals surface area contributed by atoms with Crippen molar-refractivity contribution in [2.75, 3.05) is 0 Å². The summed E-state index contributed by atoms with van der Waals surface area (Å²) in [6.07, 6.45) is 0. The third kappa shape index (κ3) is 3.47. The number of benzene rings is 1. The van der Waals surface area contributed by atoms with E-state index in [1.54, 1.807) is 0 Å². The Morgan fingerprint density at radius 3 is 2.33 bits per heavy atom. The number of halogens is 3. The number of carboxylic acid groups (broad SMARTS) is 1. The maximum absolute atomic E-state index is 12.7. The van der Waals surface area contributed by atoms with E-state index in [1.165, 1.54) is 0 Å². The van der Waals surface area contributed by atoms with Crippen LogP contribution in [0.25, 0.3) is 0 Å². The normalized spacial score (nSPS) is 8.73. The van der Waals surface area contributed by atoms with Crippen molar-refractivity contribution in [1.29, 1.82) is 0 Å². The van der Waals surface area contributed by atoms with Gasteiger partial charge in [0.1, 0.15) is 10.8 Å². The summed E-state index contributed by atoms with van der Waals surface area (Å²) < 4.78 is 25.1. The van der Waals surface area contributed by atoms with Crippen LogP contribution in [0.3, 0.4) is 0 Å². The van der Waals surface area contributed by atoms with Gasteiger partial charge in [-0.2, -0.15) is 4.39 Å². The summed E-state index contributed by atoms with van der Waals surface area (Å²) >= 11 is 5.07. The molecule has 8 heteroatoms. The average molecular weight is 240 g/mol. The van der Waals surface area contributed by atoms with Crippen LogP contribution >= 0.6 is 11.6 Å². The van der Waals surface area contributed by atoms with E-state index >= 15 is 0 Å². The van der Waals surface area contributed by atoms with Gasteiger partial charge in [0.25, 0.3) is 6.47 Å². The molecule has 0 fully saturated rings. The molecule has 5 nitrogen and oxygen atoms in total. The van der Waals surface area contributed by atoms with Crippen molar-refractivity contribution in [1.82, 2.24) is 0 Å². The van der Waals surface area contributed by atoms with Crippen LogP contribution in [0.5, 0.6) is 0 Å². The quantitative estimate of drug-likeness (QED) is 0.353. The Labute approximate surface area is 87.0 Å². The summed E-state index contributed by atoms with van der Waals surface area (Å²) in [4.78, 5) is 17.5. The Balaban J connectivity index is 0.000000583. The van der Waals surface area contributed by atoms with Gasteiger partial charge in [0.2, 0.25) is 5.82 Å². The smallest absolute Gasteiger partial charge is 0.306 e. The van der Waals surface area contributed by atoms with Gasteiger partial charge in [0.15, 0.2) is 0 Å². The van der Waals surface area contributed by atoms with Crippen LogP contribution in [-0.4, -0.2) is 16.5 Å². The van der Waals surface area contributed by atoms with Crippen molar-refractivity contribution in [2.45, 2.75) is 0 Å². The maximum atomic E-state index is 12.7. The Morgan fingerprint density at radius 2 is 1.93 bits per heavy atom. The molecule has 0 aliphatic rings. The van der Waals surface area contributed by atoms with Crippen molar-refractivity contribution in [3.05, 3.63) is 38.9 Å². The summed E-state index contributed by atoms with van der Waals surface area (Å²) in [7, 11) is 0. The van der Waals surface area contributed by atoms with E-state index in [1.807, 2.05) is 0 Å². The lowest BCUT2D eigenvalue weighted by molar-refractivity contribution is -0.387. The molecule has 0 radical (unpaired) electrons. The molecule has 0 saturated heterocycles. The minimum Gasteiger partial charge on any atom is -0.483 e. The highest BCUT2D eigenvalue weighted by Gasteiger charge is 2.19. The van der Waals surface area contributed by atoms with Crippen LogP contribution in [0.4, 0.5) is 14.5 Å². The Morgan fingerprint density at radius 1 is 1.47 bits per heavy atom. The number of hydrogen-bond acceptors (Lipinski definition) is 3. The highest BCUT2D eigenvalue weighted by atomic mass is 35.5. The monoisotopic (exact) mass is 239 g/mol. The minimum atomic E-state index is -1.35. The first-order valence-corrected chi connectivity index (χ1v) is 3.69. The Hall–Kier alpha value is -1.76.